The minimum absolute atomic E-state index is 0.0452. The van der Waals surface area contributed by atoms with E-state index in [9.17, 15) is 9.59 Å². The summed E-state index contributed by atoms with van der Waals surface area (Å²) in [7, 11) is 1.56. The van der Waals surface area contributed by atoms with Crippen LogP contribution in [-0.4, -0.2) is 36.7 Å². The number of carbonyl (C=O) groups is 2. The van der Waals surface area contributed by atoms with Crippen LogP contribution < -0.4 is 30.4 Å². The fourth-order valence-electron chi connectivity index (χ4n) is 2.15. The summed E-state index contributed by atoms with van der Waals surface area (Å²) in [6, 6.07) is 13.4. The van der Waals surface area contributed by atoms with Gasteiger partial charge in [-0.1, -0.05) is 0 Å². The Hall–Kier alpha value is -3.33. The molecule has 0 spiro atoms. The van der Waals surface area contributed by atoms with Crippen molar-refractivity contribution in [3.05, 3.63) is 54.1 Å². The minimum atomic E-state index is -0.465. The van der Waals surface area contributed by atoms with E-state index < -0.39 is 11.8 Å². The Labute approximate surface area is 174 Å². The van der Waals surface area contributed by atoms with Gasteiger partial charge in [0.05, 0.1) is 13.2 Å². The van der Waals surface area contributed by atoms with Gasteiger partial charge in [0, 0.05) is 5.56 Å². The highest BCUT2D eigenvalue weighted by molar-refractivity contribution is 7.80. The van der Waals surface area contributed by atoms with Crippen LogP contribution in [0.5, 0.6) is 17.2 Å². The molecule has 2 aromatic carbocycles. The Kier molecular flexibility index (Phi) is 8.23. The summed E-state index contributed by atoms with van der Waals surface area (Å²) in [5, 5.41) is 2.42. The van der Waals surface area contributed by atoms with Gasteiger partial charge < -0.3 is 14.2 Å². The highest BCUT2D eigenvalue weighted by Crippen LogP contribution is 2.16. The van der Waals surface area contributed by atoms with Gasteiger partial charge in [-0.2, -0.15) is 0 Å². The van der Waals surface area contributed by atoms with Crippen LogP contribution in [-0.2, 0) is 4.79 Å². The van der Waals surface area contributed by atoms with Crippen molar-refractivity contribution >= 4 is 29.1 Å². The smallest absolute Gasteiger partial charge is 0.276 e. The predicted molar refractivity (Wildman–Crippen MR) is 112 cm³/mol. The molecule has 3 N–H and O–H groups in total. The summed E-state index contributed by atoms with van der Waals surface area (Å²) in [4.78, 5) is 24.0. The van der Waals surface area contributed by atoms with Gasteiger partial charge in [0.15, 0.2) is 11.7 Å². The molecule has 154 valence electrons. The van der Waals surface area contributed by atoms with Gasteiger partial charge in [0.2, 0.25) is 0 Å². The average Bonchev–Trinajstić information content (AvgIpc) is 2.71. The van der Waals surface area contributed by atoms with Crippen molar-refractivity contribution in [2.24, 2.45) is 0 Å². The molecule has 29 heavy (non-hydrogen) atoms. The number of hydrogen-bond acceptors (Lipinski definition) is 6. The fourth-order valence-corrected chi connectivity index (χ4v) is 2.29. The molecule has 0 fully saturated rings. The van der Waals surface area contributed by atoms with Crippen LogP contribution in [0.25, 0.3) is 0 Å². The van der Waals surface area contributed by atoms with E-state index in [-0.39, 0.29) is 17.8 Å². The molecule has 0 aromatic heterocycles. The van der Waals surface area contributed by atoms with Crippen LogP contribution in [0.3, 0.4) is 0 Å². The van der Waals surface area contributed by atoms with Crippen LogP contribution >= 0.6 is 12.2 Å². The molecule has 2 aromatic rings. The number of amides is 2. The second kappa shape index (κ2) is 10.9. The highest BCUT2D eigenvalue weighted by atomic mass is 32.1. The molecular formula is C20H23N3O5S. The number of nitrogens with one attached hydrogen (secondary N) is 3. The molecule has 8 nitrogen and oxygen atoms in total. The second-order valence-electron chi connectivity index (χ2n) is 6.11. The quantitative estimate of drug-likeness (QED) is 0.469. The molecule has 0 heterocycles. The zero-order valence-electron chi connectivity index (χ0n) is 16.4. The maximum absolute atomic E-state index is 12.2. The van der Waals surface area contributed by atoms with Gasteiger partial charge in [-0.25, -0.2) is 0 Å². The standard InChI is InChI=1S/C20H23N3O5S/c1-13(2)28-17-6-4-14(5-7-17)19(25)21-20(29)23-22-18(24)12-27-16-10-8-15(26-3)9-11-16/h4-11,13H,12H2,1-3H3,(H,22,24)(H2,21,23,25,29). The number of carbonyl (C=O) groups excluding carboxylic acids is 2. The molecule has 0 saturated carbocycles. The summed E-state index contributed by atoms with van der Waals surface area (Å²) in [5.41, 5.74) is 5.20. The lowest BCUT2D eigenvalue weighted by Gasteiger charge is -2.12. The summed E-state index contributed by atoms with van der Waals surface area (Å²) < 4.78 is 15.9. The fraction of sp³-hybridized carbons (Fsp3) is 0.250. The van der Waals surface area contributed by atoms with Crippen LogP contribution in [0.2, 0.25) is 0 Å². The maximum Gasteiger partial charge on any atom is 0.276 e. The number of hydrazine groups is 1. The van der Waals surface area contributed by atoms with Crippen molar-refractivity contribution < 1.29 is 23.8 Å². The van der Waals surface area contributed by atoms with Gasteiger partial charge in [0.1, 0.15) is 17.2 Å². The van der Waals surface area contributed by atoms with E-state index in [4.69, 9.17) is 26.4 Å². The van der Waals surface area contributed by atoms with E-state index in [0.717, 1.165) is 0 Å². The van der Waals surface area contributed by atoms with E-state index in [0.29, 0.717) is 22.8 Å². The third-order valence-corrected chi connectivity index (χ3v) is 3.66. The third kappa shape index (κ3) is 7.67. The van der Waals surface area contributed by atoms with E-state index in [2.05, 4.69) is 16.2 Å². The lowest BCUT2D eigenvalue weighted by molar-refractivity contribution is -0.123. The SMILES string of the molecule is COc1ccc(OCC(=O)NNC(=S)NC(=O)c2ccc(OC(C)C)cc2)cc1. The summed E-state index contributed by atoms with van der Waals surface area (Å²) in [6.45, 7) is 3.61. The molecule has 2 amide bonds. The predicted octanol–water partition coefficient (Wildman–Crippen LogP) is 2.20. The van der Waals surface area contributed by atoms with E-state index in [1.54, 1.807) is 55.6 Å². The first-order valence-corrected chi connectivity index (χ1v) is 9.22. The molecule has 0 unspecified atom stereocenters. The summed E-state index contributed by atoms with van der Waals surface area (Å²) in [6.07, 6.45) is 0.0452. The van der Waals surface area contributed by atoms with Crippen molar-refractivity contribution in [2.75, 3.05) is 13.7 Å². The normalized spacial score (nSPS) is 10.1. The minimum Gasteiger partial charge on any atom is -0.497 e. The molecule has 0 radical (unpaired) electrons. The molecule has 9 heteroatoms. The lowest BCUT2D eigenvalue weighted by Crippen LogP contribution is -2.49. The van der Waals surface area contributed by atoms with Crippen LogP contribution in [0.15, 0.2) is 48.5 Å². The van der Waals surface area contributed by atoms with Crippen molar-refractivity contribution in [2.45, 2.75) is 20.0 Å². The number of hydrogen-bond donors (Lipinski definition) is 3. The zero-order valence-corrected chi connectivity index (χ0v) is 17.2. The topological polar surface area (TPSA) is 97.9 Å². The second-order valence-corrected chi connectivity index (χ2v) is 6.52. The molecule has 2 rings (SSSR count). The lowest BCUT2D eigenvalue weighted by atomic mass is 10.2. The van der Waals surface area contributed by atoms with Gasteiger partial charge in [-0.3, -0.25) is 25.8 Å². The Balaban J connectivity index is 1.72. The average molecular weight is 417 g/mol. The number of ether oxygens (including phenoxy) is 3. The maximum atomic E-state index is 12.2. The molecule has 0 atom stereocenters. The molecular weight excluding hydrogens is 394 g/mol. The molecule has 0 aliphatic rings. The van der Waals surface area contributed by atoms with Crippen molar-refractivity contribution in [3.63, 3.8) is 0 Å². The van der Waals surface area contributed by atoms with Gasteiger partial charge >= 0.3 is 0 Å². The molecule has 0 aliphatic heterocycles. The zero-order chi connectivity index (χ0) is 21.2. The van der Waals surface area contributed by atoms with Crippen molar-refractivity contribution in [1.82, 2.24) is 16.2 Å². The molecule has 0 aliphatic carbocycles. The van der Waals surface area contributed by atoms with E-state index in [1.165, 1.54) is 0 Å². The molecule has 0 saturated heterocycles. The van der Waals surface area contributed by atoms with Crippen LogP contribution in [0.4, 0.5) is 0 Å². The van der Waals surface area contributed by atoms with Gasteiger partial charge in [0.25, 0.3) is 11.8 Å². The number of benzene rings is 2. The highest BCUT2D eigenvalue weighted by Gasteiger charge is 2.09. The first-order chi connectivity index (χ1) is 13.9. The first kappa shape index (κ1) is 22.0. The first-order valence-electron chi connectivity index (χ1n) is 8.81. The van der Waals surface area contributed by atoms with Crippen LogP contribution in [0, 0.1) is 0 Å². The number of rotatable bonds is 7. The largest absolute Gasteiger partial charge is 0.497 e. The Morgan fingerprint density at radius 2 is 1.52 bits per heavy atom. The van der Waals surface area contributed by atoms with Crippen molar-refractivity contribution in [1.29, 1.82) is 0 Å². The summed E-state index contributed by atoms with van der Waals surface area (Å²) >= 11 is 5.00. The monoisotopic (exact) mass is 417 g/mol. The Morgan fingerprint density at radius 3 is 2.10 bits per heavy atom. The van der Waals surface area contributed by atoms with E-state index >= 15 is 0 Å². The summed E-state index contributed by atoms with van der Waals surface area (Å²) in [5.74, 6) is 0.990. The van der Waals surface area contributed by atoms with Gasteiger partial charge in [-0.05, 0) is 74.6 Å². The van der Waals surface area contributed by atoms with Crippen molar-refractivity contribution in [3.8, 4) is 17.2 Å². The molecule has 0 bridgehead atoms. The third-order valence-electron chi connectivity index (χ3n) is 3.46. The number of thiocarbonyl (C=S) groups is 1. The van der Waals surface area contributed by atoms with Gasteiger partial charge in [-0.15, -0.1) is 0 Å². The Morgan fingerprint density at radius 1 is 0.931 bits per heavy atom. The Bertz CT molecular complexity index is 838. The van der Waals surface area contributed by atoms with Crippen LogP contribution in [0.1, 0.15) is 24.2 Å². The van der Waals surface area contributed by atoms with E-state index in [1.807, 2.05) is 13.8 Å². The number of methoxy groups -OCH3 is 1.